The summed E-state index contributed by atoms with van der Waals surface area (Å²) in [5.41, 5.74) is 5.08. The third-order valence-electron chi connectivity index (χ3n) is 2.97. The SMILES string of the molecule is C/C=C\C/C=C\CCCCCCCCCC(N)=O. The van der Waals surface area contributed by atoms with Crippen LogP contribution in [0.4, 0.5) is 0 Å². The molecule has 0 aromatic rings. The Hall–Kier alpha value is -1.05. The van der Waals surface area contributed by atoms with Crippen molar-refractivity contribution in [1.82, 2.24) is 0 Å². The fourth-order valence-corrected chi connectivity index (χ4v) is 1.87. The van der Waals surface area contributed by atoms with Gasteiger partial charge in [-0.15, -0.1) is 0 Å². The molecule has 2 N–H and O–H groups in total. The number of unbranched alkanes of at least 4 members (excludes halogenated alkanes) is 7. The van der Waals surface area contributed by atoms with Gasteiger partial charge in [-0.05, 0) is 32.6 Å². The first-order chi connectivity index (χ1) is 8.77. The van der Waals surface area contributed by atoms with Crippen molar-refractivity contribution in [2.24, 2.45) is 5.73 Å². The van der Waals surface area contributed by atoms with E-state index in [1.807, 2.05) is 0 Å². The molecule has 0 aliphatic heterocycles. The van der Waals surface area contributed by atoms with Crippen molar-refractivity contribution in [3.63, 3.8) is 0 Å². The first-order valence-electron chi connectivity index (χ1n) is 7.32. The summed E-state index contributed by atoms with van der Waals surface area (Å²) in [5.74, 6) is -0.167. The van der Waals surface area contributed by atoms with E-state index in [2.05, 4.69) is 31.2 Å². The van der Waals surface area contributed by atoms with Crippen LogP contribution in [0.25, 0.3) is 0 Å². The van der Waals surface area contributed by atoms with Crippen molar-refractivity contribution in [3.8, 4) is 0 Å². The van der Waals surface area contributed by atoms with Crippen LogP contribution in [0.15, 0.2) is 24.3 Å². The quantitative estimate of drug-likeness (QED) is 0.402. The Bertz CT molecular complexity index is 243. The summed E-state index contributed by atoms with van der Waals surface area (Å²) >= 11 is 0. The van der Waals surface area contributed by atoms with Crippen LogP contribution >= 0.6 is 0 Å². The lowest BCUT2D eigenvalue weighted by atomic mass is 10.1. The van der Waals surface area contributed by atoms with E-state index < -0.39 is 0 Å². The molecule has 2 nitrogen and oxygen atoms in total. The van der Waals surface area contributed by atoms with Gasteiger partial charge in [0, 0.05) is 6.42 Å². The molecule has 0 atom stereocenters. The zero-order chi connectivity index (χ0) is 13.5. The number of hydrogen-bond acceptors (Lipinski definition) is 1. The van der Waals surface area contributed by atoms with Crippen molar-refractivity contribution >= 4 is 5.91 Å². The summed E-state index contributed by atoms with van der Waals surface area (Å²) < 4.78 is 0. The van der Waals surface area contributed by atoms with Crippen LogP contribution in [-0.4, -0.2) is 5.91 Å². The van der Waals surface area contributed by atoms with E-state index in [4.69, 9.17) is 5.73 Å². The minimum atomic E-state index is -0.167. The maximum atomic E-state index is 10.5. The number of rotatable bonds is 12. The van der Waals surface area contributed by atoms with Crippen LogP contribution in [-0.2, 0) is 4.79 Å². The molecule has 0 rings (SSSR count). The summed E-state index contributed by atoms with van der Waals surface area (Å²) in [6.07, 6.45) is 20.2. The Morgan fingerprint density at radius 2 is 1.50 bits per heavy atom. The molecule has 18 heavy (non-hydrogen) atoms. The Morgan fingerprint density at radius 3 is 2.11 bits per heavy atom. The highest BCUT2D eigenvalue weighted by Gasteiger charge is 1.94. The van der Waals surface area contributed by atoms with Gasteiger partial charge in [-0.25, -0.2) is 0 Å². The smallest absolute Gasteiger partial charge is 0.217 e. The van der Waals surface area contributed by atoms with Crippen molar-refractivity contribution in [3.05, 3.63) is 24.3 Å². The van der Waals surface area contributed by atoms with E-state index >= 15 is 0 Å². The zero-order valence-electron chi connectivity index (χ0n) is 11.9. The first-order valence-corrected chi connectivity index (χ1v) is 7.32. The van der Waals surface area contributed by atoms with Crippen molar-refractivity contribution < 1.29 is 4.79 Å². The molecule has 0 unspecified atom stereocenters. The van der Waals surface area contributed by atoms with E-state index in [1.54, 1.807) is 0 Å². The van der Waals surface area contributed by atoms with Gasteiger partial charge in [0.15, 0.2) is 0 Å². The molecular weight excluding hydrogens is 222 g/mol. The average Bonchev–Trinajstić information content (AvgIpc) is 2.34. The highest BCUT2D eigenvalue weighted by atomic mass is 16.1. The van der Waals surface area contributed by atoms with E-state index in [-0.39, 0.29) is 5.91 Å². The third kappa shape index (κ3) is 14.9. The lowest BCUT2D eigenvalue weighted by Gasteiger charge is -2.00. The summed E-state index contributed by atoms with van der Waals surface area (Å²) in [6.45, 7) is 2.05. The number of amides is 1. The highest BCUT2D eigenvalue weighted by Crippen LogP contribution is 2.09. The Labute approximate surface area is 112 Å². The summed E-state index contributed by atoms with van der Waals surface area (Å²) in [6, 6.07) is 0. The fraction of sp³-hybridized carbons (Fsp3) is 0.688. The predicted molar refractivity (Wildman–Crippen MR) is 79.3 cm³/mol. The molecule has 0 saturated heterocycles. The lowest BCUT2D eigenvalue weighted by molar-refractivity contribution is -0.118. The molecule has 0 spiro atoms. The standard InChI is InChI=1S/C16H29NO/c1-2-3-4-5-6-7-8-9-10-11-12-13-14-15-16(17)18/h2-3,5-6H,4,7-15H2,1H3,(H2,17,18)/b3-2-,6-5-. The summed E-state index contributed by atoms with van der Waals surface area (Å²) in [4.78, 5) is 10.5. The van der Waals surface area contributed by atoms with Gasteiger partial charge >= 0.3 is 0 Å². The Morgan fingerprint density at radius 1 is 0.889 bits per heavy atom. The van der Waals surface area contributed by atoms with Gasteiger partial charge in [-0.2, -0.15) is 0 Å². The summed E-state index contributed by atoms with van der Waals surface area (Å²) in [5, 5.41) is 0. The van der Waals surface area contributed by atoms with Crippen molar-refractivity contribution in [2.75, 3.05) is 0 Å². The van der Waals surface area contributed by atoms with E-state index in [0.717, 1.165) is 19.3 Å². The maximum Gasteiger partial charge on any atom is 0.217 e. The maximum absolute atomic E-state index is 10.5. The van der Waals surface area contributed by atoms with Crippen LogP contribution in [0.3, 0.4) is 0 Å². The van der Waals surface area contributed by atoms with Gasteiger partial charge in [0.1, 0.15) is 0 Å². The third-order valence-corrected chi connectivity index (χ3v) is 2.97. The highest BCUT2D eigenvalue weighted by molar-refractivity contribution is 5.73. The van der Waals surface area contributed by atoms with Gasteiger partial charge < -0.3 is 5.73 Å². The summed E-state index contributed by atoms with van der Waals surface area (Å²) in [7, 11) is 0. The second kappa shape index (κ2) is 14.0. The van der Waals surface area contributed by atoms with Crippen LogP contribution in [0, 0.1) is 0 Å². The molecule has 1 amide bonds. The monoisotopic (exact) mass is 251 g/mol. The van der Waals surface area contributed by atoms with Crippen LogP contribution in [0.2, 0.25) is 0 Å². The van der Waals surface area contributed by atoms with E-state index in [9.17, 15) is 4.79 Å². The normalized spacial score (nSPS) is 11.6. The molecule has 0 aliphatic carbocycles. The van der Waals surface area contributed by atoms with Gasteiger partial charge in [-0.3, -0.25) is 4.79 Å². The molecule has 0 heterocycles. The van der Waals surface area contributed by atoms with Gasteiger partial charge in [-0.1, -0.05) is 56.4 Å². The second-order valence-electron chi connectivity index (χ2n) is 4.76. The van der Waals surface area contributed by atoms with Crippen molar-refractivity contribution in [2.45, 2.75) is 71.1 Å². The molecule has 104 valence electrons. The molecule has 0 aliphatic rings. The van der Waals surface area contributed by atoms with Crippen molar-refractivity contribution in [1.29, 1.82) is 0 Å². The fourth-order valence-electron chi connectivity index (χ4n) is 1.87. The molecule has 0 aromatic carbocycles. The lowest BCUT2D eigenvalue weighted by Crippen LogP contribution is -2.09. The Kier molecular flexibility index (Phi) is 13.2. The molecule has 0 bridgehead atoms. The number of nitrogens with two attached hydrogens (primary N) is 1. The molecule has 2 heteroatoms. The van der Waals surface area contributed by atoms with E-state index in [1.165, 1.54) is 38.5 Å². The van der Waals surface area contributed by atoms with Crippen LogP contribution in [0.5, 0.6) is 0 Å². The number of primary amides is 1. The topological polar surface area (TPSA) is 43.1 Å². The van der Waals surface area contributed by atoms with Gasteiger partial charge in [0.2, 0.25) is 5.91 Å². The molecule has 0 aromatic heterocycles. The molecule has 0 fully saturated rings. The van der Waals surface area contributed by atoms with Crippen LogP contribution in [0.1, 0.15) is 71.1 Å². The number of carbonyl (C=O) groups is 1. The molecular formula is C16H29NO. The number of carbonyl (C=O) groups excluding carboxylic acids is 1. The average molecular weight is 251 g/mol. The second-order valence-corrected chi connectivity index (χ2v) is 4.76. The minimum absolute atomic E-state index is 0.167. The number of hydrogen-bond donors (Lipinski definition) is 1. The van der Waals surface area contributed by atoms with Gasteiger partial charge in [0.25, 0.3) is 0 Å². The molecule has 0 saturated carbocycles. The minimum Gasteiger partial charge on any atom is -0.370 e. The largest absolute Gasteiger partial charge is 0.370 e. The van der Waals surface area contributed by atoms with Crippen LogP contribution < -0.4 is 5.73 Å². The first kappa shape index (κ1) is 16.9. The number of allylic oxidation sites excluding steroid dienone is 4. The van der Waals surface area contributed by atoms with Gasteiger partial charge in [0.05, 0.1) is 0 Å². The van der Waals surface area contributed by atoms with E-state index in [0.29, 0.717) is 6.42 Å². The molecule has 0 radical (unpaired) electrons. The predicted octanol–water partition coefficient (Wildman–Crippen LogP) is 4.51. The Balaban J connectivity index is 3.07. The zero-order valence-corrected chi connectivity index (χ0v) is 11.9.